The van der Waals surface area contributed by atoms with Gasteiger partial charge in [0.15, 0.2) is 6.61 Å². The third kappa shape index (κ3) is 7.24. The Morgan fingerprint density at radius 2 is 1.89 bits per heavy atom. The standard InChI is InChI=1S/C24H22Cl2N2O6S/c1-13(2)34-22(30)11-28-23(31)20(35-24(28)32)9-15-8-16(25)5-7-19(15)33-12-21(29)27-17-6-4-14(3)18(26)10-17/h4-10,13H,11-12H2,1-3H3,(H,27,29)/b20-9-. The number of thioether (sulfide) groups is 1. The highest BCUT2D eigenvalue weighted by Gasteiger charge is 2.37. The summed E-state index contributed by atoms with van der Waals surface area (Å²) in [5.74, 6) is -1.47. The summed E-state index contributed by atoms with van der Waals surface area (Å²) in [7, 11) is 0. The highest BCUT2D eigenvalue weighted by Crippen LogP contribution is 2.35. The van der Waals surface area contributed by atoms with Gasteiger partial charge in [-0.25, -0.2) is 0 Å². The van der Waals surface area contributed by atoms with Crippen LogP contribution < -0.4 is 10.1 Å². The summed E-state index contributed by atoms with van der Waals surface area (Å²) in [6.45, 7) is 4.38. The Labute approximate surface area is 216 Å². The van der Waals surface area contributed by atoms with Gasteiger partial charge < -0.3 is 14.8 Å². The normalized spacial score (nSPS) is 14.6. The predicted octanol–water partition coefficient (Wildman–Crippen LogP) is 5.31. The van der Waals surface area contributed by atoms with Crippen molar-refractivity contribution in [2.45, 2.75) is 26.9 Å². The van der Waals surface area contributed by atoms with Crippen LogP contribution in [0.3, 0.4) is 0 Å². The number of imide groups is 1. The van der Waals surface area contributed by atoms with Crippen molar-refractivity contribution in [2.24, 2.45) is 0 Å². The molecule has 0 spiro atoms. The third-order valence-electron chi connectivity index (χ3n) is 4.60. The molecule has 0 atom stereocenters. The van der Waals surface area contributed by atoms with E-state index in [1.807, 2.05) is 6.92 Å². The van der Waals surface area contributed by atoms with Crippen molar-refractivity contribution >= 4 is 69.8 Å². The van der Waals surface area contributed by atoms with Gasteiger partial charge in [-0.3, -0.25) is 24.1 Å². The van der Waals surface area contributed by atoms with Gasteiger partial charge in [0.1, 0.15) is 12.3 Å². The van der Waals surface area contributed by atoms with Crippen LogP contribution in [0.1, 0.15) is 25.0 Å². The molecular weight excluding hydrogens is 515 g/mol. The number of carbonyl (C=O) groups excluding carboxylic acids is 4. The minimum atomic E-state index is -0.684. The SMILES string of the molecule is Cc1ccc(NC(=O)COc2ccc(Cl)cc2/C=C2\SC(=O)N(CC(=O)OC(C)C)C2=O)cc1Cl. The zero-order chi connectivity index (χ0) is 25.7. The number of hydrogen-bond donors (Lipinski definition) is 1. The molecule has 1 aliphatic rings. The lowest BCUT2D eigenvalue weighted by Gasteiger charge is -2.13. The summed E-state index contributed by atoms with van der Waals surface area (Å²) in [5, 5.41) is 2.98. The molecule has 3 amide bonds. The lowest BCUT2D eigenvalue weighted by molar-refractivity contribution is -0.149. The van der Waals surface area contributed by atoms with Crippen LogP contribution in [0.15, 0.2) is 41.3 Å². The van der Waals surface area contributed by atoms with Gasteiger partial charge in [0.2, 0.25) is 0 Å². The molecule has 35 heavy (non-hydrogen) atoms. The predicted molar refractivity (Wildman–Crippen MR) is 136 cm³/mol. The lowest BCUT2D eigenvalue weighted by Crippen LogP contribution is -2.35. The van der Waals surface area contributed by atoms with E-state index in [9.17, 15) is 19.2 Å². The second-order valence-electron chi connectivity index (χ2n) is 7.79. The summed E-state index contributed by atoms with van der Waals surface area (Å²) in [6, 6.07) is 9.80. The highest BCUT2D eigenvalue weighted by atomic mass is 35.5. The van der Waals surface area contributed by atoms with Crippen molar-refractivity contribution in [1.29, 1.82) is 0 Å². The number of rotatable bonds is 8. The van der Waals surface area contributed by atoms with E-state index in [-0.39, 0.29) is 23.4 Å². The van der Waals surface area contributed by atoms with Gasteiger partial charge in [0.05, 0.1) is 11.0 Å². The van der Waals surface area contributed by atoms with Crippen molar-refractivity contribution in [2.75, 3.05) is 18.5 Å². The first-order valence-corrected chi connectivity index (χ1v) is 12.0. The maximum Gasteiger partial charge on any atom is 0.326 e. The summed E-state index contributed by atoms with van der Waals surface area (Å²) < 4.78 is 10.7. The maximum atomic E-state index is 12.7. The summed E-state index contributed by atoms with van der Waals surface area (Å²) >= 11 is 12.9. The number of esters is 1. The van der Waals surface area contributed by atoms with Gasteiger partial charge in [-0.2, -0.15) is 0 Å². The van der Waals surface area contributed by atoms with Gasteiger partial charge in [-0.15, -0.1) is 0 Å². The number of benzene rings is 2. The van der Waals surface area contributed by atoms with Gasteiger partial charge in [0.25, 0.3) is 17.1 Å². The summed E-state index contributed by atoms with van der Waals surface area (Å²) in [5.41, 5.74) is 1.79. The molecule has 1 aliphatic heterocycles. The Hall–Kier alpha value is -3.01. The van der Waals surface area contributed by atoms with E-state index >= 15 is 0 Å². The second kappa shape index (κ2) is 11.6. The molecule has 184 valence electrons. The van der Waals surface area contributed by atoms with E-state index in [0.29, 0.717) is 33.1 Å². The molecule has 0 bridgehead atoms. The quantitative estimate of drug-likeness (QED) is 0.360. The minimum Gasteiger partial charge on any atom is -0.483 e. The topological polar surface area (TPSA) is 102 Å². The molecule has 0 radical (unpaired) electrons. The second-order valence-corrected chi connectivity index (χ2v) is 9.63. The summed E-state index contributed by atoms with van der Waals surface area (Å²) in [6.07, 6.45) is 1.06. The van der Waals surface area contributed by atoms with Crippen LogP contribution in [0.2, 0.25) is 10.0 Å². The maximum absolute atomic E-state index is 12.7. The van der Waals surface area contributed by atoms with Gasteiger partial charge in [0, 0.05) is 21.3 Å². The van der Waals surface area contributed by atoms with Crippen LogP contribution >= 0.6 is 35.0 Å². The van der Waals surface area contributed by atoms with E-state index < -0.39 is 29.6 Å². The zero-order valence-electron chi connectivity index (χ0n) is 19.1. The number of nitrogens with zero attached hydrogens (tertiary/aromatic N) is 1. The third-order valence-corrected chi connectivity index (χ3v) is 6.15. The van der Waals surface area contributed by atoms with Crippen LogP contribution in [0.4, 0.5) is 10.5 Å². The van der Waals surface area contributed by atoms with Crippen LogP contribution in [0.25, 0.3) is 6.08 Å². The van der Waals surface area contributed by atoms with Gasteiger partial charge in [-0.1, -0.05) is 29.3 Å². The fourth-order valence-electron chi connectivity index (χ4n) is 2.98. The number of amides is 3. The number of aryl methyl sites for hydroxylation is 1. The van der Waals surface area contributed by atoms with Crippen LogP contribution in [0.5, 0.6) is 5.75 Å². The molecule has 0 aliphatic carbocycles. The average Bonchev–Trinajstić information content (AvgIpc) is 3.02. The molecule has 2 aromatic rings. The lowest BCUT2D eigenvalue weighted by atomic mass is 10.2. The number of ether oxygens (including phenoxy) is 2. The molecular formula is C24H22Cl2N2O6S. The molecule has 0 unspecified atom stereocenters. The van der Waals surface area contributed by atoms with E-state index in [4.69, 9.17) is 32.7 Å². The van der Waals surface area contributed by atoms with Crippen molar-refractivity contribution in [3.05, 3.63) is 62.5 Å². The van der Waals surface area contributed by atoms with E-state index in [1.165, 1.54) is 12.1 Å². The van der Waals surface area contributed by atoms with Crippen LogP contribution in [0, 0.1) is 6.92 Å². The fourth-order valence-corrected chi connectivity index (χ4v) is 4.17. The molecule has 3 rings (SSSR count). The largest absolute Gasteiger partial charge is 0.483 e. The van der Waals surface area contributed by atoms with E-state index in [0.717, 1.165) is 10.5 Å². The first kappa shape index (κ1) is 26.6. The van der Waals surface area contributed by atoms with Crippen LogP contribution in [-0.4, -0.2) is 47.2 Å². The molecule has 0 aromatic heterocycles. The number of carbonyl (C=O) groups is 4. The van der Waals surface area contributed by atoms with E-state index in [2.05, 4.69) is 5.32 Å². The van der Waals surface area contributed by atoms with Crippen molar-refractivity contribution in [3.63, 3.8) is 0 Å². The van der Waals surface area contributed by atoms with Gasteiger partial charge in [-0.05, 0) is 74.5 Å². The monoisotopic (exact) mass is 536 g/mol. The molecule has 2 aromatic carbocycles. The highest BCUT2D eigenvalue weighted by molar-refractivity contribution is 8.18. The Morgan fingerprint density at radius 1 is 1.14 bits per heavy atom. The van der Waals surface area contributed by atoms with Crippen molar-refractivity contribution in [3.8, 4) is 5.75 Å². The molecule has 1 fully saturated rings. The Morgan fingerprint density at radius 3 is 2.57 bits per heavy atom. The average molecular weight is 537 g/mol. The number of hydrogen-bond acceptors (Lipinski definition) is 7. The molecule has 1 N–H and O–H groups in total. The van der Waals surface area contributed by atoms with Crippen molar-refractivity contribution < 1.29 is 28.7 Å². The smallest absolute Gasteiger partial charge is 0.326 e. The molecule has 0 saturated carbocycles. The Bertz CT molecular complexity index is 1210. The first-order chi connectivity index (χ1) is 16.5. The fraction of sp³-hybridized carbons (Fsp3) is 0.250. The molecule has 1 heterocycles. The zero-order valence-corrected chi connectivity index (χ0v) is 21.4. The van der Waals surface area contributed by atoms with E-state index in [1.54, 1.807) is 44.2 Å². The molecule has 11 heteroatoms. The van der Waals surface area contributed by atoms with Gasteiger partial charge >= 0.3 is 5.97 Å². The van der Waals surface area contributed by atoms with Crippen LogP contribution in [-0.2, 0) is 19.1 Å². The number of halogens is 2. The molecule has 1 saturated heterocycles. The number of nitrogens with one attached hydrogen (secondary N) is 1. The Balaban J connectivity index is 1.71. The van der Waals surface area contributed by atoms with Crippen molar-refractivity contribution in [1.82, 2.24) is 4.90 Å². The minimum absolute atomic E-state index is 0.0817. The Kier molecular flexibility index (Phi) is 8.82. The number of anilines is 1. The first-order valence-electron chi connectivity index (χ1n) is 10.5. The molecule has 8 nitrogen and oxygen atoms in total. The summed E-state index contributed by atoms with van der Waals surface area (Å²) in [4.78, 5) is 50.2.